The normalized spacial score (nSPS) is 9.70. The molecule has 0 aliphatic carbocycles. The summed E-state index contributed by atoms with van der Waals surface area (Å²) in [5.41, 5.74) is 0.417. The van der Waals surface area contributed by atoms with Gasteiger partial charge in [-0.15, -0.1) is 0 Å². The maximum absolute atomic E-state index is 12.8. The molecule has 214 valence electrons. The lowest BCUT2D eigenvalue weighted by molar-refractivity contribution is -0.193. The molecule has 0 saturated heterocycles. The van der Waals surface area contributed by atoms with E-state index in [2.05, 4.69) is 5.32 Å². The lowest BCUT2D eigenvalue weighted by Gasteiger charge is -2.32. The van der Waals surface area contributed by atoms with E-state index in [1.54, 1.807) is 48.5 Å². The standard InChI is InChI=1S/C27H33NO6.2CO2/c1-5-8-26(32)33-18-25(31)21-11-15-23(16-12-21)34-22-13-9-20(10-14-22)24(30)17-27(6-2,7-3)28-19(4)29;2*2-1-3/h9-16H,5-8,17-18H2,1-4H3,(H,28,29);;. The summed E-state index contributed by atoms with van der Waals surface area (Å²) in [4.78, 5) is 80.4. The number of benzene rings is 2. The number of nitrogens with one attached hydrogen (secondary N) is 1. The minimum atomic E-state index is -0.550. The maximum atomic E-state index is 12.8. The fourth-order valence-corrected chi connectivity index (χ4v) is 3.56. The zero-order valence-corrected chi connectivity index (χ0v) is 22.9. The number of amides is 1. The van der Waals surface area contributed by atoms with E-state index in [-0.39, 0.29) is 55.2 Å². The third-order valence-electron chi connectivity index (χ3n) is 5.70. The quantitative estimate of drug-likeness (QED) is 0.281. The summed E-state index contributed by atoms with van der Waals surface area (Å²) in [6, 6.07) is 13.3. The summed E-state index contributed by atoms with van der Waals surface area (Å²) in [6.07, 6.45) is 3.01. The van der Waals surface area contributed by atoms with Crippen molar-refractivity contribution in [1.82, 2.24) is 5.32 Å². The number of carbonyl (C=O) groups is 4. The monoisotopic (exact) mass is 555 g/mol. The Labute approximate surface area is 232 Å². The third-order valence-corrected chi connectivity index (χ3v) is 5.70. The summed E-state index contributed by atoms with van der Waals surface area (Å²) in [7, 11) is 0. The first-order chi connectivity index (χ1) is 19.0. The predicted molar refractivity (Wildman–Crippen MR) is 139 cm³/mol. The Hall–Kier alpha value is -4.72. The number of carbonyl (C=O) groups excluding carboxylic acids is 8. The highest BCUT2D eigenvalue weighted by Crippen LogP contribution is 2.25. The first kappa shape index (κ1) is 35.3. The van der Waals surface area contributed by atoms with Crippen LogP contribution in [0, 0.1) is 0 Å². The molecule has 0 fully saturated rings. The zero-order valence-electron chi connectivity index (χ0n) is 22.9. The summed E-state index contributed by atoms with van der Waals surface area (Å²) in [6.45, 7) is 6.96. The van der Waals surface area contributed by atoms with Crippen LogP contribution < -0.4 is 10.1 Å². The summed E-state index contributed by atoms with van der Waals surface area (Å²) in [5, 5.41) is 2.94. The molecule has 11 heteroatoms. The van der Waals surface area contributed by atoms with Gasteiger partial charge in [0, 0.05) is 36.4 Å². The molecule has 0 spiro atoms. The smallest absolute Gasteiger partial charge is 0.373 e. The molecule has 0 aliphatic heterocycles. The molecule has 1 N–H and O–H groups in total. The number of esters is 1. The van der Waals surface area contributed by atoms with Crippen LogP contribution in [0.4, 0.5) is 0 Å². The number of rotatable bonds is 13. The SMILES string of the molecule is CCCC(=O)OCC(=O)c1ccc(Oc2ccc(C(=O)CC(CC)(CC)NC(C)=O)cc2)cc1.O=C=O.O=C=O. The van der Waals surface area contributed by atoms with Gasteiger partial charge in [-0.3, -0.25) is 19.2 Å². The largest absolute Gasteiger partial charge is 0.457 e. The minimum Gasteiger partial charge on any atom is -0.457 e. The second kappa shape index (κ2) is 19.4. The predicted octanol–water partition coefficient (Wildman–Crippen LogP) is 4.11. The molecule has 1 amide bonds. The van der Waals surface area contributed by atoms with Gasteiger partial charge in [-0.1, -0.05) is 20.8 Å². The van der Waals surface area contributed by atoms with E-state index in [0.717, 1.165) is 0 Å². The lowest BCUT2D eigenvalue weighted by Crippen LogP contribution is -2.48. The molecule has 2 aromatic carbocycles. The van der Waals surface area contributed by atoms with Crippen molar-refractivity contribution >= 4 is 35.7 Å². The van der Waals surface area contributed by atoms with Gasteiger partial charge in [0.25, 0.3) is 0 Å². The van der Waals surface area contributed by atoms with Crippen molar-refractivity contribution in [3.05, 3.63) is 59.7 Å². The molecule has 0 unspecified atom stereocenters. The topological polar surface area (TPSA) is 167 Å². The average molecular weight is 556 g/mol. The number of ketones is 2. The van der Waals surface area contributed by atoms with Crippen molar-refractivity contribution < 1.29 is 47.8 Å². The van der Waals surface area contributed by atoms with E-state index < -0.39 is 5.54 Å². The number of ether oxygens (including phenoxy) is 2. The van der Waals surface area contributed by atoms with E-state index in [0.29, 0.717) is 41.9 Å². The average Bonchev–Trinajstić information content (AvgIpc) is 2.93. The van der Waals surface area contributed by atoms with Crippen molar-refractivity contribution in [1.29, 1.82) is 0 Å². The van der Waals surface area contributed by atoms with Crippen LogP contribution in [0.25, 0.3) is 0 Å². The van der Waals surface area contributed by atoms with Crippen LogP contribution in [0.3, 0.4) is 0 Å². The van der Waals surface area contributed by atoms with E-state index in [1.807, 2.05) is 20.8 Å². The molecule has 0 aliphatic rings. The minimum absolute atomic E-state index is 0.0495. The molecule has 0 atom stereocenters. The Bertz CT molecular complexity index is 1160. The summed E-state index contributed by atoms with van der Waals surface area (Å²) in [5.74, 6) is 0.205. The van der Waals surface area contributed by atoms with Crippen molar-refractivity contribution in [2.45, 2.75) is 65.3 Å². The van der Waals surface area contributed by atoms with E-state index in [1.165, 1.54) is 6.92 Å². The maximum Gasteiger partial charge on any atom is 0.373 e. The molecule has 2 aromatic rings. The fraction of sp³-hybridized carbons (Fsp3) is 0.379. The molecule has 11 nitrogen and oxygen atoms in total. The Morgan fingerprint density at radius 3 is 1.55 bits per heavy atom. The number of Topliss-reactive ketones (excluding diaryl/α,β-unsaturated/α-hetero) is 2. The Balaban J connectivity index is 0.00000232. The second-order valence-electron chi connectivity index (χ2n) is 8.42. The fourth-order valence-electron chi connectivity index (χ4n) is 3.56. The van der Waals surface area contributed by atoms with Crippen LogP contribution in [0.2, 0.25) is 0 Å². The van der Waals surface area contributed by atoms with Gasteiger partial charge in [-0.05, 0) is 67.8 Å². The molecule has 0 heterocycles. The number of hydrogen-bond donors (Lipinski definition) is 1. The van der Waals surface area contributed by atoms with Gasteiger partial charge in [0.05, 0.1) is 0 Å². The van der Waals surface area contributed by atoms with Gasteiger partial charge in [-0.25, -0.2) is 0 Å². The van der Waals surface area contributed by atoms with Crippen molar-refractivity contribution in [2.75, 3.05) is 6.61 Å². The van der Waals surface area contributed by atoms with Gasteiger partial charge in [0.1, 0.15) is 11.5 Å². The van der Waals surface area contributed by atoms with Gasteiger partial charge in [0.2, 0.25) is 5.91 Å². The van der Waals surface area contributed by atoms with Crippen LogP contribution >= 0.6 is 0 Å². The molecule has 0 radical (unpaired) electrons. The van der Waals surface area contributed by atoms with Crippen molar-refractivity contribution in [3.8, 4) is 11.5 Å². The first-order valence-electron chi connectivity index (χ1n) is 12.4. The molecule has 40 heavy (non-hydrogen) atoms. The summed E-state index contributed by atoms with van der Waals surface area (Å²) >= 11 is 0. The van der Waals surface area contributed by atoms with E-state index in [9.17, 15) is 19.2 Å². The Kier molecular flexibility index (Phi) is 17.1. The van der Waals surface area contributed by atoms with Crippen LogP contribution in [0.15, 0.2) is 48.5 Å². The lowest BCUT2D eigenvalue weighted by atomic mass is 9.85. The molecular formula is C29H33NO10. The van der Waals surface area contributed by atoms with Crippen molar-refractivity contribution in [3.63, 3.8) is 0 Å². The van der Waals surface area contributed by atoms with Crippen LogP contribution in [0.1, 0.15) is 80.5 Å². The van der Waals surface area contributed by atoms with Gasteiger partial charge in [0.15, 0.2) is 18.2 Å². The van der Waals surface area contributed by atoms with Gasteiger partial charge in [-0.2, -0.15) is 19.2 Å². The van der Waals surface area contributed by atoms with Crippen LogP contribution in [0.5, 0.6) is 11.5 Å². The van der Waals surface area contributed by atoms with Gasteiger partial charge >= 0.3 is 18.3 Å². The first-order valence-corrected chi connectivity index (χ1v) is 12.4. The van der Waals surface area contributed by atoms with Crippen LogP contribution in [-0.4, -0.2) is 47.9 Å². The van der Waals surface area contributed by atoms with E-state index in [4.69, 9.17) is 28.7 Å². The molecular weight excluding hydrogens is 522 g/mol. The molecule has 0 bridgehead atoms. The van der Waals surface area contributed by atoms with Crippen molar-refractivity contribution in [2.24, 2.45) is 0 Å². The zero-order chi connectivity index (χ0) is 30.6. The Morgan fingerprint density at radius 1 is 0.750 bits per heavy atom. The third kappa shape index (κ3) is 13.2. The molecule has 2 rings (SSSR count). The highest BCUT2D eigenvalue weighted by atomic mass is 16.5. The van der Waals surface area contributed by atoms with E-state index >= 15 is 0 Å². The van der Waals surface area contributed by atoms with Gasteiger partial charge < -0.3 is 14.8 Å². The van der Waals surface area contributed by atoms with Crippen LogP contribution in [-0.2, 0) is 33.5 Å². The second-order valence-corrected chi connectivity index (χ2v) is 8.42. The molecule has 0 aromatic heterocycles. The Morgan fingerprint density at radius 2 is 1.18 bits per heavy atom. The highest BCUT2D eigenvalue weighted by molar-refractivity contribution is 5.98. The highest BCUT2D eigenvalue weighted by Gasteiger charge is 2.30. The number of hydrogen-bond acceptors (Lipinski definition) is 10. The molecule has 0 saturated carbocycles. The summed E-state index contributed by atoms with van der Waals surface area (Å²) < 4.78 is 10.8.